The van der Waals surface area contributed by atoms with Gasteiger partial charge in [-0.05, 0) is 17.7 Å². The molecule has 1 aliphatic heterocycles. The topological polar surface area (TPSA) is 66.2 Å². The minimum absolute atomic E-state index is 0.414. The van der Waals surface area contributed by atoms with Gasteiger partial charge in [0.2, 0.25) is 5.79 Å². The molecule has 0 aromatic heterocycles. The monoisotopic (exact) mass is 294 g/mol. The minimum atomic E-state index is -0.952. The van der Waals surface area contributed by atoms with E-state index in [9.17, 15) is 0 Å². The van der Waals surface area contributed by atoms with Gasteiger partial charge in [-0.15, -0.1) is 0 Å². The zero-order chi connectivity index (χ0) is 15.1. The fourth-order valence-corrected chi connectivity index (χ4v) is 2.09. The molecule has 0 saturated carbocycles. The van der Waals surface area contributed by atoms with E-state index < -0.39 is 5.79 Å². The molecular formula is C15H22N2O4. The molecule has 0 amide bonds. The number of fused-ring (bicyclic) bond motifs is 1. The van der Waals surface area contributed by atoms with E-state index in [2.05, 4.69) is 0 Å². The predicted octanol–water partition coefficient (Wildman–Crippen LogP) is 1.09. The lowest BCUT2D eigenvalue weighted by Gasteiger charge is -2.34. The van der Waals surface area contributed by atoms with Crippen LogP contribution in [0, 0.1) is 0 Å². The quantitative estimate of drug-likeness (QED) is 0.411. The van der Waals surface area contributed by atoms with Gasteiger partial charge in [-0.3, -0.25) is 5.01 Å². The summed E-state index contributed by atoms with van der Waals surface area (Å²) in [6.45, 7) is 1.80. The van der Waals surface area contributed by atoms with E-state index in [1.165, 1.54) is 0 Å². The molecule has 21 heavy (non-hydrogen) atoms. The number of hydrazine groups is 1. The van der Waals surface area contributed by atoms with Crippen LogP contribution in [0.2, 0.25) is 0 Å². The number of rotatable bonds is 8. The van der Waals surface area contributed by atoms with Crippen molar-refractivity contribution in [1.29, 1.82) is 0 Å². The lowest BCUT2D eigenvalue weighted by atomic mass is 9.99. The van der Waals surface area contributed by atoms with Crippen LogP contribution in [-0.2, 0) is 18.9 Å². The van der Waals surface area contributed by atoms with Gasteiger partial charge in [-0.2, -0.15) is 0 Å². The van der Waals surface area contributed by atoms with E-state index in [1.807, 2.05) is 30.4 Å². The van der Waals surface area contributed by atoms with Crippen molar-refractivity contribution in [2.75, 3.05) is 40.6 Å². The fraction of sp³-hybridized carbons (Fsp3) is 0.467. The predicted molar refractivity (Wildman–Crippen MR) is 78.9 cm³/mol. The second-order valence-electron chi connectivity index (χ2n) is 4.64. The van der Waals surface area contributed by atoms with Crippen LogP contribution < -0.4 is 5.84 Å². The molecule has 2 rings (SSSR count). The standard InChI is InChI=1S/C15H22N2O4/c1-18-8-10-20-15(21-11-9-19-2)6-5-13-4-3-7-17(16)14(13)12-15/h3-7,12H,8-11,16H2,1-2H3. The van der Waals surface area contributed by atoms with Crippen molar-refractivity contribution < 1.29 is 18.9 Å². The van der Waals surface area contributed by atoms with Crippen LogP contribution in [-0.4, -0.2) is 51.4 Å². The van der Waals surface area contributed by atoms with Gasteiger partial charge in [0.25, 0.3) is 0 Å². The Morgan fingerprint density at radius 2 is 1.76 bits per heavy atom. The molecule has 0 fully saturated rings. The highest BCUT2D eigenvalue weighted by Crippen LogP contribution is 2.31. The van der Waals surface area contributed by atoms with E-state index in [-0.39, 0.29) is 0 Å². The van der Waals surface area contributed by atoms with Gasteiger partial charge in [0.15, 0.2) is 0 Å². The van der Waals surface area contributed by atoms with E-state index in [0.29, 0.717) is 26.4 Å². The highest BCUT2D eigenvalue weighted by atomic mass is 16.7. The molecule has 6 heteroatoms. The molecule has 0 spiro atoms. The maximum absolute atomic E-state index is 5.96. The fourth-order valence-electron chi connectivity index (χ4n) is 2.09. The minimum Gasteiger partial charge on any atom is -0.382 e. The summed E-state index contributed by atoms with van der Waals surface area (Å²) in [5.41, 5.74) is 1.86. The summed E-state index contributed by atoms with van der Waals surface area (Å²) in [6, 6.07) is 0. The van der Waals surface area contributed by atoms with Crippen LogP contribution >= 0.6 is 0 Å². The van der Waals surface area contributed by atoms with Crippen LogP contribution in [0.5, 0.6) is 0 Å². The number of ether oxygens (including phenoxy) is 4. The Kier molecular flexibility index (Phi) is 5.72. The summed E-state index contributed by atoms with van der Waals surface area (Å²) in [4.78, 5) is 0. The summed E-state index contributed by atoms with van der Waals surface area (Å²) in [5, 5.41) is 1.55. The van der Waals surface area contributed by atoms with Gasteiger partial charge in [0.05, 0.1) is 32.1 Å². The van der Waals surface area contributed by atoms with Gasteiger partial charge in [0, 0.05) is 26.5 Å². The van der Waals surface area contributed by atoms with Gasteiger partial charge < -0.3 is 18.9 Å². The lowest BCUT2D eigenvalue weighted by Crippen LogP contribution is -2.39. The van der Waals surface area contributed by atoms with Crippen molar-refractivity contribution in [1.82, 2.24) is 5.01 Å². The molecule has 0 aromatic carbocycles. The number of methoxy groups -OCH3 is 2. The van der Waals surface area contributed by atoms with Crippen LogP contribution in [0.15, 0.2) is 47.9 Å². The van der Waals surface area contributed by atoms with Crippen molar-refractivity contribution >= 4 is 0 Å². The molecule has 0 radical (unpaired) electrons. The van der Waals surface area contributed by atoms with Gasteiger partial charge in [0.1, 0.15) is 0 Å². The summed E-state index contributed by atoms with van der Waals surface area (Å²) in [5.74, 6) is 5.01. The van der Waals surface area contributed by atoms with Gasteiger partial charge >= 0.3 is 0 Å². The number of nitrogens with zero attached hydrogens (tertiary/aromatic N) is 1. The molecule has 0 saturated heterocycles. The Morgan fingerprint density at radius 1 is 1.10 bits per heavy atom. The highest BCUT2D eigenvalue weighted by Gasteiger charge is 2.32. The first kappa shape index (κ1) is 15.9. The second kappa shape index (κ2) is 7.53. The van der Waals surface area contributed by atoms with E-state index in [0.717, 1.165) is 11.3 Å². The maximum Gasteiger partial charge on any atom is 0.210 e. The van der Waals surface area contributed by atoms with Crippen molar-refractivity contribution in [2.45, 2.75) is 5.79 Å². The molecule has 0 aromatic rings. The molecule has 0 bridgehead atoms. The summed E-state index contributed by atoms with van der Waals surface area (Å²) >= 11 is 0. The summed E-state index contributed by atoms with van der Waals surface area (Å²) in [6.07, 6.45) is 11.3. The van der Waals surface area contributed by atoms with Crippen LogP contribution in [0.4, 0.5) is 0 Å². The molecular weight excluding hydrogens is 272 g/mol. The third kappa shape index (κ3) is 4.03. The Labute approximate surface area is 125 Å². The van der Waals surface area contributed by atoms with Gasteiger partial charge in [-0.25, -0.2) is 5.84 Å². The Balaban J connectivity index is 2.15. The number of nitrogens with two attached hydrogens (primary N) is 1. The zero-order valence-corrected chi connectivity index (χ0v) is 12.5. The third-order valence-corrected chi connectivity index (χ3v) is 3.16. The molecule has 6 nitrogen and oxygen atoms in total. The number of allylic oxidation sites excluding steroid dienone is 3. The summed E-state index contributed by atoms with van der Waals surface area (Å²) < 4.78 is 21.8. The first-order chi connectivity index (χ1) is 10.2. The van der Waals surface area contributed by atoms with Gasteiger partial charge in [-0.1, -0.05) is 12.2 Å². The Morgan fingerprint density at radius 3 is 2.38 bits per heavy atom. The highest BCUT2D eigenvalue weighted by molar-refractivity contribution is 5.49. The lowest BCUT2D eigenvalue weighted by molar-refractivity contribution is -0.183. The molecule has 116 valence electrons. The normalized spacial score (nSPS) is 19.3. The molecule has 1 heterocycles. The molecule has 2 aliphatic rings. The first-order valence-electron chi connectivity index (χ1n) is 6.81. The molecule has 0 unspecified atom stereocenters. The number of hydrogen-bond acceptors (Lipinski definition) is 6. The van der Waals surface area contributed by atoms with Crippen LogP contribution in [0.3, 0.4) is 0 Å². The number of hydrogen-bond donors (Lipinski definition) is 1. The van der Waals surface area contributed by atoms with Crippen molar-refractivity contribution in [3.8, 4) is 0 Å². The maximum atomic E-state index is 5.96. The first-order valence-corrected chi connectivity index (χ1v) is 6.81. The van der Waals surface area contributed by atoms with E-state index in [1.54, 1.807) is 25.4 Å². The van der Waals surface area contributed by atoms with Crippen molar-refractivity contribution in [3.63, 3.8) is 0 Å². The van der Waals surface area contributed by atoms with Crippen LogP contribution in [0.25, 0.3) is 0 Å². The SMILES string of the molecule is COCCOC1(OCCOC)C=CC2=CC=CN(N)C2=C1. The average Bonchev–Trinajstić information content (AvgIpc) is 2.49. The Bertz CT molecular complexity index is 458. The van der Waals surface area contributed by atoms with Crippen LogP contribution in [0.1, 0.15) is 0 Å². The summed E-state index contributed by atoms with van der Waals surface area (Å²) in [7, 11) is 3.26. The zero-order valence-electron chi connectivity index (χ0n) is 12.5. The molecule has 0 atom stereocenters. The average molecular weight is 294 g/mol. The molecule has 2 N–H and O–H groups in total. The van der Waals surface area contributed by atoms with Crippen molar-refractivity contribution in [2.24, 2.45) is 5.84 Å². The Hall–Kier alpha value is -1.44. The van der Waals surface area contributed by atoms with E-state index in [4.69, 9.17) is 24.8 Å². The second-order valence-corrected chi connectivity index (χ2v) is 4.64. The third-order valence-electron chi connectivity index (χ3n) is 3.16. The largest absolute Gasteiger partial charge is 0.382 e. The van der Waals surface area contributed by atoms with Crippen molar-refractivity contribution in [3.05, 3.63) is 47.9 Å². The smallest absolute Gasteiger partial charge is 0.210 e. The van der Waals surface area contributed by atoms with E-state index >= 15 is 0 Å². The molecule has 1 aliphatic carbocycles.